The lowest BCUT2D eigenvalue weighted by Crippen LogP contribution is -2.56. The first kappa shape index (κ1) is 20.1. The average molecular weight is 394 g/mol. The van der Waals surface area contributed by atoms with Crippen molar-refractivity contribution in [1.29, 1.82) is 0 Å². The van der Waals surface area contributed by atoms with Crippen molar-refractivity contribution in [2.75, 3.05) is 33.8 Å². The first-order valence-electron chi connectivity index (χ1n) is 9.59. The van der Waals surface area contributed by atoms with E-state index in [4.69, 9.17) is 16.3 Å². The molecule has 2 fully saturated rings. The minimum Gasteiger partial charge on any atom is -0.353 e. The number of halogens is 1. The van der Waals surface area contributed by atoms with Crippen molar-refractivity contribution in [1.82, 2.24) is 15.1 Å². The Morgan fingerprint density at radius 3 is 2.70 bits per heavy atom. The standard InChI is InChI=1S/C20H28ClN3O3/c1-23(2)12-11-22-18(25)17-14-27-20(9-4-3-5-10-20)24(17)19(26)15-7-6-8-16(21)13-15/h6-8,13,17H,3-5,9-12,14H2,1-2H3,(H,22,25). The van der Waals surface area contributed by atoms with Gasteiger partial charge in [0.2, 0.25) is 5.91 Å². The summed E-state index contributed by atoms with van der Waals surface area (Å²) in [6.07, 6.45) is 4.65. The van der Waals surface area contributed by atoms with Crippen molar-refractivity contribution in [3.05, 3.63) is 34.9 Å². The monoisotopic (exact) mass is 393 g/mol. The van der Waals surface area contributed by atoms with Gasteiger partial charge in [-0.2, -0.15) is 0 Å². The van der Waals surface area contributed by atoms with Gasteiger partial charge in [0.15, 0.2) is 0 Å². The largest absolute Gasteiger partial charge is 0.353 e. The topological polar surface area (TPSA) is 61.9 Å². The lowest BCUT2D eigenvalue weighted by molar-refractivity contribution is -0.127. The summed E-state index contributed by atoms with van der Waals surface area (Å²) in [5, 5.41) is 3.45. The minimum absolute atomic E-state index is 0.158. The van der Waals surface area contributed by atoms with Crippen molar-refractivity contribution < 1.29 is 14.3 Å². The number of ether oxygens (including phenoxy) is 1. The molecule has 1 spiro atoms. The van der Waals surface area contributed by atoms with Crippen molar-refractivity contribution in [3.8, 4) is 0 Å². The number of hydrogen-bond donors (Lipinski definition) is 1. The van der Waals surface area contributed by atoms with E-state index < -0.39 is 11.8 Å². The molecule has 2 amide bonds. The smallest absolute Gasteiger partial charge is 0.256 e. The Labute approximate surface area is 165 Å². The maximum Gasteiger partial charge on any atom is 0.256 e. The molecule has 0 radical (unpaired) electrons. The van der Waals surface area contributed by atoms with Gasteiger partial charge in [0.25, 0.3) is 5.91 Å². The van der Waals surface area contributed by atoms with Crippen LogP contribution >= 0.6 is 11.6 Å². The Hall–Kier alpha value is -1.63. The fourth-order valence-electron chi connectivity index (χ4n) is 3.95. The number of carbonyl (C=O) groups is 2. The van der Waals surface area contributed by atoms with Gasteiger partial charge in [-0.1, -0.05) is 24.1 Å². The number of rotatable bonds is 5. The zero-order valence-corrected chi connectivity index (χ0v) is 16.8. The van der Waals surface area contributed by atoms with Crippen LogP contribution in [0.4, 0.5) is 0 Å². The summed E-state index contributed by atoms with van der Waals surface area (Å²) in [6.45, 7) is 1.52. The number of nitrogens with one attached hydrogen (secondary N) is 1. The Morgan fingerprint density at radius 2 is 2.04 bits per heavy atom. The molecule has 0 aromatic heterocycles. The second-order valence-electron chi connectivity index (χ2n) is 7.61. The summed E-state index contributed by atoms with van der Waals surface area (Å²) >= 11 is 6.08. The number of carbonyl (C=O) groups excluding carboxylic acids is 2. The maximum atomic E-state index is 13.4. The number of likely N-dealkylation sites (N-methyl/N-ethyl adjacent to an activating group) is 1. The summed E-state index contributed by atoms with van der Waals surface area (Å²) in [5.41, 5.74) is -0.190. The highest BCUT2D eigenvalue weighted by molar-refractivity contribution is 6.31. The van der Waals surface area contributed by atoms with Gasteiger partial charge >= 0.3 is 0 Å². The third kappa shape index (κ3) is 4.45. The Kier molecular flexibility index (Phi) is 6.40. The highest BCUT2D eigenvalue weighted by Crippen LogP contribution is 2.41. The second kappa shape index (κ2) is 8.59. The Balaban J connectivity index is 1.84. The predicted octanol–water partition coefficient (Wildman–Crippen LogP) is 2.52. The molecular weight excluding hydrogens is 366 g/mol. The average Bonchev–Trinajstić information content (AvgIpc) is 3.00. The van der Waals surface area contributed by atoms with E-state index in [0.717, 1.165) is 38.6 Å². The summed E-state index contributed by atoms with van der Waals surface area (Å²) < 4.78 is 6.13. The quantitative estimate of drug-likeness (QED) is 0.835. The highest BCUT2D eigenvalue weighted by atomic mass is 35.5. The molecule has 1 aliphatic heterocycles. The van der Waals surface area contributed by atoms with Gasteiger partial charge in [-0.25, -0.2) is 0 Å². The molecule has 1 saturated heterocycles. The molecule has 0 bridgehead atoms. The normalized spacial score (nSPS) is 21.6. The van der Waals surface area contributed by atoms with Crippen molar-refractivity contribution in [3.63, 3.8) is 0 Å². The van der Waals surface area contributed by atoms with Gasteiger partial charge in [0.1, 0.15) is 11.8 Å². The number of hydrogen-bond acceptors (Lipinski definition) is 4. The maximum absolute atomic E-state index is 13.4. The van der Waals surface area contributed by atoms with Crippen LogP contribution in [-0.4, -0.2) is 67.2 Å². The van der Waals surface area contributed by atoms with Crippen LogP contribution in [-0.2, 0) is 9.53 Å². The number of nitrogens with zero attached hydrogens (tertiary/aromatic N) is 2. The molecule has 148 valence electrons. The fourth-order valence-corrected chi connectivity index (χ4v) is 4.14. The molecule has 1 N–H and O–H groups in total. The van der Waals surface area contributed by atoms with E-state index >= 15 is 0 Å². The molecule has 1 atom stereocenters. The highest BCUT2D eigenvalue weighted by Gasteiger charge is 2.52. The molecule has 7 heteroatoms. The minimum atomic E-state index is -0.679. The molecule has 1 aromatic carbocycles. The molecule has 2 aliphatic rings. The van der Waals surface area contributed by atoms with E-state index in [1.54, 1.807) is 29.2 Å². The zero-order valence-electron chi connectivity index (χ0n) is 16.0. The van der Waals surface area contributed by atoms with Crippen molar-refractivity contribution >= 4 is 23.4 Å². The van der Waals surface area contributed by atoms with E-state index in [0.29, 0.717) is 17.1 Å². The van der Waals surface area contributed by atoms with Gasteiger partial charge in [-0.3, -0.25) is 14.5 Å². The molecule has 3 rings (SSSR count). The van der Waals surface area contributed by atoms with Crippen LogP contribution in [0.15, 0.2) is 24.3 Å². The van der Waals surface area contributed by atoms with Crippen molar-refractivity contribution in [2.45, 2.75) is 43.9 Å². The first-order valence-corrected chi connectivity index (χ1v) is 9.96. The van der Waals surface area contributed by atoms with Gasteiger partial charge in [-0.15, -0.1) is 0 Å². The third-order valence-electron chi connectivity index (χ3n) is 5.35. The van der Waals surface area contributed by atoms with Gasteiger partial charge in [0.05, 0.1) is 6.61 Å². The van der Waals surface area contributed by atoms with Crippen LogP contribution in [0.25, 0.3) is 0 Å². The molecule has 1 heterocycles. The molecule has 27 heavy (non-hydrogen) atoms. The fraction of sp³-hybridized carbons (Fsp3) is 0.600. The van der Waals surface area contributed by atoms with E-state index in [2.05, 4.69) is 5.32 Å². The van der Waals surface area contributed by atoms with E-state index in [9.17, 15) is 9.59 Å². The Morgan fingerprint density at radius 1 is 1.30 bits per heavy atom. The van der Waals surface area contributed by atoms with Crippen LogP contribution in [0.2, 0.25) is 5.02 Å². The summed E-state index contributed by atoms with van der Waals surface area (Å²) in [5.74, 6) is -0.348. The molecular formula is C20H28ClN3O3. The van der Waals surface area contributed by atoms with Gasteiger partial charge < -0.3 is 15.0 Å². The lowest BCUT2D eigenvalue weighted by atomic mass is 9.89. The van der Waals surface area contributed by atoms with Crippen LogP contribution in [0.1, 0.15) is 42.5 Å². The van der Waals surface area contributed by atoms with E-state index in [-0.39, 0.29) is 18.4 Å². The third-order valence-corrected chi connectivity index (χ3v) is 5.58. The Bertz CT molecular complexity index is 689. The van der Waals surface area contributed by atoms with E-state index in [1.165, 1.54) is 0 Å². The van der Waals surface area contributed by atoms with E-state index in [1.807, 2.05) is 19.0 Å². The molecule has 1 aromatic rings. The predicted molar refractivity (Wildman–Crippen MR) is 105 cm³/mol. The summed E-state index contributed by atoms with van der Waals surface area (Å²) in [6, 6.07) is 6.27. The SMILES string of the molecule is CN(C)CCNC(=O)C1COC2(CCCCC2)N1C(=O)c1cccc(Cl)c1. The molecule has 6 nitrogen and oxygen atoms in total. The van der Waals surface area contributed by atoms with Gasteiger partial charge in [0, 0.05) is 23.7 Å². The number of amides is 2. The first-order chi connectivity index (χ1) is 12.9. The molecule has 1 unspecified atom stereocenters. The number of benzene rings is 1. The summed E-state index contributed by atoms with van der Waals surface area (Å²) in [4.78, 5) is 29.9. The lowest BCUT2D eigenvalue weighted by Gasteiger charge is -2.41. The van der Waals surface area contributed by atoms with Gasteiger partial charge in [-0.05, 0) is 58.0 Å². The molecule has 1 saturated carbocycles. The summed E-state index contributed by atoms with van der Waals surface area (Å²) in [7, 11) is 3.91. The van der Waals surface area contributed by atoms with Crippen molar-refractivity contribution in [2.24, 2.45) is 0 Å². The van der Waals surface area contributed by atoms with Crippen LogP contribution in [0, 0.1) is 0 Å². The second-order valence-corrected chi connectivity index (χ2v) is 8.05. The zero-order chi connectivity index (χ0) is 19.4. The van der Waals surface area contributed by atoms with Crippen LogP contribution < -0.4 is 5.32 Å². The molecule has 1 aliphatic carbocycles. The van der Waals surface area contributed by atoms with Crippen LogP contribution in [0.5, 0.6) is 0 Å². The van der Waals surface area contributed by atoms with Crippen LogP contribution in [0.3, 0.4) is 0 Å².